The van der Waals surface area contributed by atoms with Crippen LogP contribution in [0.5, 0.6) is 0 Å². The summed E-state index contributed by atoms with van der Waals surface area (Å²) in [6.45, 7) is 2.92. The molecule has 0 amide bonds. The van der Waals surface area contributed by atoms with Crippen LogP contribution >= 0.6 is 0 Å². The van der Waals surface area contributed by atoms with E-state index < -0.39 is 0 Å². The van der Waals surface area contributed by atoms with Crippen LogP contribution in [0.3, 0.4) is 0 Å². The molecule has 1 aromatic carbocycles. The molecule has 0 unspecified atom stereocenters. The summed E-state index contributed by atoms with van der Waals surface area (Å²) in [5.41, 5.74) is 1.30. The molecule has 1 heterocycles. The molecular formula is C14H18FN3. The molecule has 0 spiro atoms. The molecule has 0 aromatic heterocycles. The maximum atomic E-state index is 13.1. The van der Waals surface area contributed by atoms with Crippen molar-refractivity contribution in [3.63, 3.8) is 0 Å². The highest BCUT2D eigenvalue weighted by Gasteiger charge is 2.20. The van der Waals surface area contributed by atoms with E-state index in [2.05, 4.69) is 16.3 Å². The van der Waals surface area contributed by atoms with Crippen LogP contribution < -0.4 is 10.2 Å². The van der Waals surface area contributed by atoms with Crippen molar-refractivity contribution in [2.24, 2.45) is 5.92 Å². The Morgan fingerprint density at radius 1 is 1.44 bits per heavy atom. The van der Waals surface area contributed by atoms with Crippen molar-refractivity contribution in [3.8, 4) is 6.07 Å². The normalized spacial score (nSPS) is 16.6. The number of piperidine rings is 1. The van der Waals surface area contributed by atoms with Gasteiger partial charge in [0.25, 0.3) is 0 Å². The van der Waals surface area contributed by atoms with E-state index >= 15 is 0 Å². The third-order valence-corrected chi connectivity index (χ3v) is 3.53. The molecule has 4 heteroatoms. The largest absolute Gasteiger partial charge is 0.370 e. The first-order chi connectivity index (χ1) is 8.74. The van der Waals surface area contributed by atoms with E-state index in [1.54, 1.807) is 6.07 Å². The first-order valence-electron chi connectivity index (χ1n) is 6.33. The Kier molecular flexibility index (Phi) is 4.16. The van der Waals surface area contributed by atoms with Crippen LogP contribution in [0.1, 0.15) is 18.4 Å². The number of anilines is 1. The van der Waals surface area contributed by atoms with Crippen LogP contribution in [-0.4, -0.2) is 26.7 Å². The van der Waals surface area contributed by atoms with E-state index in [4.69, 9.17) is 5.26 Å². The van der Waals surface area contributed by atoms with Crippen LogP contribution in [0.4, 0.5) is 10.1 Å². The predicted molar refractivity (Wildman–Crippen MR) is 70.0 cm³/mol. The molecule has 0 radical (unpaired) electrons. The lowest BCUT2D eigenvalue weighted by Crippen LogP contribution is -2.37. The maximum Gasteiger partial charge on any atom is 0.124 e. The highest BCUT2D eigenvalue weighted by molar-refractivity contribution is 5.59. The zero-order chi connectivity index (χ0) is 13.0. The number of nitrogens with zero attached hydrogens (tertiary/aromatic N) is 2. The molecule has 0 bridgehead atoms. The number of hydrogen-bond acceptors (Lipinski definition) is 3. The van der Waals surface area contributed by atoms with E-state index in [0.29, 0.717) is 11.5 Å². The molecule has 2 rings (SSSR count). The van der Waals surface area contributed by atoms with Gasteiger partial charge in [0.15, 0.2) is 0 Å². The van der Waals surface area contributed by atoms with E-state index in [9.17, 15) is 4.39 Å². The van der Waals surface area contributed by atoms with Crippen molar-refractivity contribution in [1.82, 2.24) is 5.32 Å². The van der Waals surface area contributed by atoms with Gasteiger partial charge >= 0.3 is 0 Å². The van der Waals surface area contributed by atoms with Gasteiger partial charge in [-0.05, 0) is 50.6 Å². The van der Waals surface area contributed by atoms with E-state index in [1.807, 2.05) is 7.05 Å². The molecule has 0 atom stereocenters. The first kappa shape index (κ1) is 12.8. The SMILES string of the molecule is CNCC1CCN(c2ccc(F)cc2C#N)CC1. The Hall–Kier alpha value is -1.60. The van der Waals surface area contributed by atoms with Gasteiger partial charge in [-0.1, -0.05) is 0 Å². The Morgan fingerprint density at radius 3 is 2.78 bits per heavy atom. The van der Waals surface area contributed by atoms with Crippen LogP contribution in [-0.2, 0) is 0 Å². The lowest BCUT2D eigenvalue weighted by Gasteiger charge is -2.34. The van der Waals surface area contributed by atoms with Crippen molar-refractivity contribution < 1.29 is 4.39 Å². The topological polar surface area (TPSA) is 39.1 Å². The summed E-state index contributed by atoms with van der Waals surface area (Å²) in [5.74, 6) is 0.359. The molecule has 1 aliphatic rings. The fraction of sp³-hybridized carbons (Fsp3) is 0.500. The third kappa shape index (κ3) is 2.80. The van der Waals surface area contributed by atoms with Crippen LogP contribution in [0, 0.1) is 23.1 Å². The van der Waals surface area contributed by atoms with Gasteiger partial charge in [0, 0.05) is 13.1 Å². The molecule has 18 heavy (non-hydrogen) atoms. The van der Waals surface area contributed by atoms with Crippen LogP contribution in [0.2, 0.25) is 0 Å². The standard InChI is InChI=1S/C14H18FN3/c1-17-10-11-4-6-18(7-5-11)14-3-2-13(15)8-12(14)9-16/h2-3,8,11,17H,4-7,10H2,1H3. The maximum absolute atomic E-state index is 13.1. The second-order valence-corrected chi connectivity index (χ2v) is 4.76. The summed E-state index contributed by atoms with van der Waals surface area (Å²) in [6.07, 6.45) is 2.23. The van der Waals surface area contributed by atoms with Crippen molar-refractivity contribution in [2.45, 2.75) is 12.8 Å². The summed E-state index contributed by atoms with van der Waals surface area (Å²) in [5, 5.41) is 12.3. The van der Waals surface area contributed by atoms with E-state index in [0.717, 1.165) is 38.2 Å². The third-order valence-electron chi connectivity index (χ3n) is 3.53. The van der Waals surface area contributed by atoms with Gasteiger partial charge in [0.2, 0.25) is 0 Å². The second-order valence-electron chi connectivity index (χ2n) is 4.76. The number of nitrogens with one attached hydrogen (secondary N) is 1. The fourth-order valence-corrected chi connectivity index (χ4v) is 2.54. The van der Waals surface area contributed by atoms with Gasteiger partial charge in [0.05, 0.1) is 11.3 Å². The van der Waals surface area contributed by atoms with E-state index in [-0.39, 0.29) is 5.82 Å². The Labute approximate surface area is 107 Å². The Morgan fingerprint density at radius 2 is 2.17 bits per heavy atom. The number of halogens is 1. The summed E-state index contributed by atoms with van der Waals surface area (Å²) in [6, 6.07) is 6.53. The molecule has 3 nitrogen and oxygen atoms in total. The van der Waals surface area contributed by atoms with Crippen LogP contribution in [0.25, 0.3) is 0 Å². The van der Waals surface area contributed by atoms with Gasteiger partial charge in [-0.25, -0.2) is 4.39 Å². The number of hydrogen-bond donors (Lipinski definition) is 1. The lowest BCUT2D eigenvalue weighted by atomic mass is 9.96. The smallest absolute Gasteiger partial charge is 0.124 e. The summed E-state index contributed by atoms with van der Waals surface area (Å²) >= 11 is 0. The zero-order valence-corrected chi connectivity index (χ0v) is 10.6. The molecule has 0 aliphatic carbocycles. The minimum atomic E-state index is -0.347. The van der Waals surface area contributed by atoms with Gasteiger partial charge < -0.3 is 10.2 Å². The zero-order valence-electron chi connectivity index (χ0n) is 10.6. The van der Waals surface area contributed by atoms with Crippen molar-refractivity contribution >= 4 is 5.69 Å². The quantitative estimate of drug-likeness (QED) is 0.889. The molecule has 1 aliphatic heterocycles. The van der Waals surface area contributed by atoms with Gasteiger partial charge in [-0.2, -0.15) is 5.26 Å². The van der Waals surface area contributed by atoms with Gasteiger partial charge in [-0.15, -0.1) is 0 Å². The molecule has 1 aromatic rings. The number of benzene rings is 1. The number of rotatable bonds is 3. The average molecular weight is 247 g/mol. The predicted octanol–water partition coefficient (Wildman–Crippen LogP) is 2.13. The highest BCUT2D eigenvalue weighted by atomic mass is 19.1. The fourth-order valence-electron chi connectivity index (χ4n) is 2.54. The van der Waals surface area contributed by atoms with Gasteiger partial charge in [-0.3, -0.25) is 0 Å². The molecular weight excluding hydrogens is 229 g/mol. The minimum Gasteiger partial charge on any atom is -0.370 e. The molecule has 0 saturated carbocycles. The molecule has 1 N–H and O–H groups in total. The monoisotopic (exact) mass is 247 g/mol. The summed E-state index contributed by atoms with van der Waals surface area (Å²) in [4.78, 5) is 2.18. The summed E-state index contributed by atoms with van der Waals surface area (Å²) < 4.78 is 13.1. The van der Waals surface area contributed by atoms with Crippen LogP contribution in [0.15, 0.2) is 18.2 Å². The van der Waals surface area contributed by atoms with Crippen molar-refractivity contribution in [2.75, 3.05) is 31.6 Å². The van der Waals surface area contributed by atoms with E-state index in [1.165, 1.54) is 12.1 Å². The Balaban J connectivity index is 2.08. The Bertz CT molecular complexity index is 445. The average Bonchev–Trinajstić information content (AvgIpc) is 2.40. The lowest BCUT2D eigenvalue weighted by molar-refractivity contribution is 0.393. The van der Waals surface area contributed by atoms with Crippen molar-refractivity contribution in [3.05, 3.63) is 29.6 Å². The summed E-state index contributed by atoms with van der Waals surface area (Å²) in [7, 11) is 1.97. The second kappa shape index (κ2) is 5.83. The number of nitriles is 1. The highest BCUT2D eigenvalue weighted by Crippen LogP contribution is 2.26. The van der Waals surface area contributed by atoms with Crippen molar-refractivity contribution in [1.29, 1.82) is 5.26 Å². The van der Waals surface area contributed by atoms with Gasteiger partial charge in [0.1, 0.15) is 11.9 Å². The molecule has 96 valence electrons. The molecule has 1 saturated heterocycles. The minimum absolute atomic E-state index is 0.347. The first-order valence-corrected chi connectivity index (χ1v) is 6.33. The molecule has 1 fully saturated rings.